The van der Waals surface area contributed by atoms with Crippen LogP contribution in [0.4, 0.5) is 23.0 Å². The molecule has 1 aliphatic rings. The van der Waals surface area contributed by atoms with Crippen LogP contribution in [0.3, 0.4) is 0 Å². The third-order valence-corrected chi connectivity index (χ3v) is 8.53. The Hall–Kier alpha value is -5.07. The predicted molar refractivity (Wildman–Crippen MR) is 180 cm³/mol. The number of nitrogens with zero attached hydrogens (tertiary/aromatic N) is 6. The highest BCUT2D eigenvalue weighted by atomic mass is 16.6. The van der Waals surface area contributed by atoms with Crippen LogP contribution in [0.25, 0.3) is 33.4 Å². The van der Waals surface area contributed by atoms with Crippen LogP contribution in [0.15, 0.2) is 66.9 Å². The van der Waals surface area contributed by atoms with Gasteiger partial charge in [-0.1, -0.05) is 36.4 Å². The summed E-state index contributed by atoms with van der Waals surface area (Å²) in [6.07, 6.45) is 4.62. The molecule has 1 saturated heterocycles. The van der Waals surface area contributed by atoms with Crippen molar-refractivity contribution in [3.8, 4) is 28.4 Å². The molecule has 5 aromatic rings. The van der Waals surface area contributed by atoms with Crippen LogP contribution in [-0.2, 0) is 6.42 Å². The summed E-state index contributed by atoms with van der Waals surface area (Å²) >= 11 is 0. The average Bonchev–Trinajstić information content (AvgIpc) is 3.51. The van der Waals surface area contributed by atoms with Gasteiger partial charge in [0.15, 0.2) is 0 Å². The van der Waals surface area contributed by atoms with E-state index in [1.807, 2.05) is 18.2 Å². The fourth-order valence-corrected chi connectivity index (χ4v) is 6.04. The molecular weight excluding hydrogens is 584 g/mol. The zero-order valence-corrected chi connectivity index (χ0v) is 26.2. The fraction of sp³-hybridized carbons (Fsp3) is 0.324. The molecule has 0 radical (unpaired) electrons. The number of aromatic nitrogens is 4. The van der Waals surface area contributed by atoms with Gasteiger partial charge < -0.3 is 29.9 Å². The number of imidazole rings is 1. The number of aliphatic hydroxyl groups excluding tert-OH is 1. The van der Waals surface area contributed by atoms with E-state index in [4.69, 9.17) is 14.7 Å². The van der Waals surface area contributed by atoms with Crippen LogP contribution in [0.1, 0.15) is 25.1 Å². The lowest BCUT2D eigenvalue weighted by Crippen LogP contribution is -2.42. The lowest BCUT2D eigenvalue weighted by atomic mass is 10.0. The zero-order valence-electron chi connectivity index (χ0n) is 26.2. The number of aromatic amines is 1. The van der Waals surface area contributed by atoms with Gasteiger partial charge in [0, 0.05) is 56.1 Å². The summed E-state index contributed by atoms with van der Waals surface area (Å²) in [6, 6.07) is 19.8. The van der Waals surface area contributed by atoms with E-state index in [-0.39, 0.29) is 23.2 Å². The van der Waals surface area contributed by atoms with E-state index in [9.17, 15) is 15.2 Å². The first-order chi connectivity index (χ1) is 22.3. The normalized spacial score (nSPS) is 13.8. The van der Waals surface area contributed by atoms with Crippen molar-refractivity contribution in [2.75, 3.05) is 51.1 Å². The third kappa shape index (κ3) is 6.49. The molecule has 1 aliphatic heterocycles. The average molecular weight is 623 g/mol. The van der Waals surface area contributed by atoms with Gasteiger partial charge in [-0.2, -0.15) is 0 Å². The summed E-state index contributed by atoms with van der Waals surface area (Å²) in [7, 11) is 5.67. The largest absolute Gasteiger partial charge is 0.494 e. The van der Waals surface area contributed by atoms with Crippen LogP contribution < -0.4 is 15.0 Å². The van der Waals surface area contributed by atoms with Crippen molar-refractivity contribution in [2.45, 2.75) is 31.7 Å². The van der Waals surface area contributed by atoms with Gasteiger partial charge in [-0.15, -0.1) is 0 Å². The number of benzene rings is 3. The minimum Gasteiger partial charge on any atom is -0.494 e. The van der Waals surface area contributed by atoms with E-state index < -0.39 is 0 Å². The molecule has 3 aromatic carbocycles. The molecule has 0 aliphatic carbocycles. The van der Waals surface area contributed by atoms with Crippen molar-refractivity contribution in [3.63, 3.8) is 0 Å². The first kappa shape index (κ1) is 30.9. The molecule has 0 amide bonds. The zero-order chi connectivity index (χ0) is 32.2. The first-order valence-corrected chi connectivity index (χ1v) is 15.4. The number of anilines is 3. The molecule has 0 spiro atoms. The van der Waals surface area contributed by atoms with Crippen molar-refractivity contribution < 1.29 is 14.8 Å². The molecule has 0 unspecified atom stereocenters. The minimum absolute atomic E-state index is 0.0107. The van der Waals surface area contributed by atoms with Crippen LogP contribution >= 0.6 is 0 Å². The summed E-state index contributed by atoms with van der Waals surface area (Å²) in [4.78, 5) is 33.7. The lowest BCUT2D eigenvalue weighted by Gasteiger charge is -2.36. The van der Waals surface area contributed by atoms with Gasteiger partial charge in [-0.25, -0.2) is 15.0 Å². The Balaban J connectivity index is 1.33. The number of aliphatic hydroxyl groups is 1. The Kier molecular flexibility index (Phi) is 9.08. The summed E-state index contributed by atoms with van der Waals surface area (Å²) < 4.78 is 5.70. The number of H-pyrrole nitrogens is 1. The van der Waals surface area contributed by atoms with E-state index in [1.165, 1.54) is 6.07 Å². The number of piperidine rings is 1. The van der Waals surface area contributed by atoms with E-state index in [1.54, 1.807) is 25.4 Å². The van der Waals surface area contributed by atoms with Crippen LogP contribution in [0, 0.1) is 10.1 Å². The number of aryl methyl sites for hydroxylation is 1. The summed E-state index contributed by atoms with van der Waals surface area (Å²) in [5, 5.41) is 27.1. The Morgan fingerprint density at radius 2 is 1.87 bits per heavy atom. The van der Waals surface area contributed by atoms with Gasteiger partial charge in [0.05, 0.1) is 34.8 Å². The number of methoxy groups -OCH3 is 1. The van der Waals surface area contributed by atoms with Gasteiger partial charge in [0.25, 0.3) is 5.69 Å². The second kappa shape index (κ2) is 13.5. The molecule has 2 aromatic heterocycles. The topological polar surface area (TPSA) is 146 Å². The summed E-state index contributed by atoms with van der Waals surface area (Å²) in [6.45, 7) is 1.49. The van der Waals surface area contributed by atoms with E-state index in [0.717, 1.165) is 53.8 Å². The maximum absolute atomic E-state index is 12.3. The molecule has 238 valence electrons. The van der Waals surface area contributed by atoms with Gasteiger partial charge >= 0.3 is 0 Å². The van der Waals surface area contributed by atoms with E-state index in [2.05, 4.69) is 63.4 Å². The molecule has 3 heterocycles. The van der Waals surface area contributed by atoms with Gasteiger partial charge in [0.2, 0.25) is 5.95 Å². The number of hydrogen-bond acceptors (Lipinski definition) is 10. The first-order valence-electron chi connectivity index (χ1n) is 15.4. The molecule has 12 nitrogen and oxygen atoms in total. The Labute approximate surface area is 267 Å². The highest BCUT2D eigenvalue weighted by Gasteiger charge is 2.28. The van der Waals surface area contributed by atoms with Crippen molar-refractivity contribution in [3.05, 3.63) is 82.8 Å². The van der Waals surface area contributed by atoms with Gasteiger partial charge in [-0.3, -0.25) is 10.1 Å². The standard InChI is InChI=1S/C34H38N8O4/c1-40(2)25-13-16-41(17-14-25)28-21-30(46-3)27(20-29(28)42(44)45)37-34-35-15-12-26(36-34)33-32(38-31(39-33)9-6-18-43)24-11-10-22-7-4-5-8-23(22)19-24/h4-5,7-8,10-12,15,19-21,25,43H,6,9,13-14,16-18H2,1-3H3,(H,38,39)(H,35,36,37). The molecule has 46 heavy (non-hydrogen) atoms. The highest BCUT2D eigenvalue weighted by molar-refractivity contribution is 5.89. The van der Waals surface area contributed by atoms with Crippen LogP contribution in [0.5, 0.6) is 5.75 Å². The maximum Gasteiger partial charge on any atom is 0.294 e. The second-order valence-electron chi connectivity index (χ2n) is 11.7. The molecule has 12 heteroatoms. The maximum atomic E-state index is 12.3. The summed E-state index contributed by atoms with van der Waals surface area (Å²) in [5.41, 5.74) is 3.88. The predicted octanol–water partition coefficient (Wildman–Crippen LogP) is 5.80. The Morgan fingerprint density at radius 3 is 2.59 bits per heavy atom. The summed E-state index contributed by atoms with van der Waals surface area (Å²) in [5.74, 6) is 1.44. The second-order valence-corrected chi connectivity index (χ2v) is 11.7. The molecule has 3 N–H and O–H groups in total. The number of hydrogen-bond donors (Lipinski definition) is 3. The van der Waals surface area contributed by atoms with Crippen molar-refractivity contribution in [2.24, 2.45) is 0 Å². The number of nitro benzene ring substituents is 1. The molecule has 0 bridgehead atoms. The molecule has 0 atom stereocenters. The SMILES string of the molecule is COc1cc(N2CCC(N(C)C)CC2)c([N+](=O)[O-])cc1Nc1nccc(-c2[nH]c(CCCO)nc2-c2ccc3ccccc3c2)n1. The third-order valence-electron chi connectivity index (χ3n) is 8.53. The smallest absolute Gasteiger partial charge is 0.294 e. The number of rotatable bonds is 11. The van der Waals surface area contributed by atoms with Crippen molar-refractivity contribution >= 4 is 33.8 Å². The monoisotopic (exact) mass is 622 g/mol. The van der Waals surface area contributed by atoms with Crippen LogP contribution in [0.2, 0.25) is 0 Å². The quantitative estimate of drug-likeness (QED) is 0.122. The van der Waals surface area contributed by atoms with Crippen molar-refractivity contribution in [1.82, 2.24) is 24.8 Å². The number of fused-ring (bicyclic) bond motifs is 1. The minimum atomic E-state index is -0.358. The Morgan fingerprint density at radius 1 is 1.09 bits per heavy atom. The number of nitro groups is 1. The molecular formula is C34H38N8O4. The molecule has 6 rings (SSSR count). The lowest BCUT2D eigenvalue weighted by molar-refractivity contribution is -0.384. The Bertz CT molecular complexity index is 1850. The van der Waals surface area contributed by atoms with Gasteiger partial charge in [-0.05, 0) is 56.3 Å². The van der Waals surface area contributed by atoms with Crippen molar-refractivity contribution in [1.29, 1.82) is 0 Å². The highest BCUT2D eigenvalue weighted by Crippen LogP contribution is 2.40. The van der Waals surface area contributed by atoms with E-state index in [0.29, 0.717) is 47.4 Å². The molecule has 0 saturated carbocycles. The molecule has 1 fully saturated rings. The number of ether oxygens (including phenoxy) is 1. The van der Waals surface area contributed by atoms with Gasteiger partial charge in [0.1, 0.15) is 17.3 Å². The van der Waals surface area contributed by atoms with E-state index >= 15 is 0 Å². The van der Waals surface area contributed by atoms with Crippen LogP contribution in [-0.4, -0.2) is 81.8 Å². The number of nitrogens with one attached hydrogen (secondary N) is 2. The fourth-order valence-electron chi connectivity index (χ4n) is 6.04.